The molecule has 0 spiro atoms. The predicted molar refractivity (Wildman–Crippen MR) is 85.8 cm³/mol. The minimum atomic E-state index is 0.378. The van der Waals surface area contributed by atoms with Gasteiger partial charge in [-0.3, -0.25) is 4.79 Å². The molecule has 0 heterocycles. The highest BCUT2D eigenvalue weighted by Gasteiger charge is 2.25. The molecule has 1 aliphatic rings. The van der Waals surface area contributed by atoms with E-state index in [9.17, 15) is 4.79 Å². The number of amides is 1. The number of hydrogen-bond acceptors (Lipinski definition) is 2. The van der Waals surface area contributed by atoms with Gasteiger partial charge in [0.1, 0.15) is 0 Å². The first-order chi connectivity index (χ1) is 9.50. The Balaban J connectivity index is 2.38. The second kappa shape index (κ2) is 9.38. The van der Waals surface area contributed by atoms with Crippen molar-refractivity contribution in [1.29, 1.82) is 0 Å². The molecule has 3 nitrogen and oxygen atoms in total. The Bertz CT molecular complexity index is 270. The normalized spacial score (nSPS) is 16.3. The summed E-state index contributed by atoms with van der Waals surface area (Å²) in [7, 11) is 0. The molecule has 0 unspecified atom stereocenters. The lowest BCUT2D eigenvalue weighted by Gasteiger charge is -2.30. The molecule has 1 fully saturated rings. The molecular weight excluding hydrogens is 248 g/mol. The van der Waals surface area contributed by atoms with Crippen molar-refractivity contribution >= 4 is 5.91 Å². The van der Waals surface area contributed by atoms with Crippen molar-refractivity contribution in [3.63, 3.8) is 0 Å². The van der Waals surface area contributed by atoms with Gasteiger partial charge in [0.2, 0.25) is 5.91 Å². The van der Waals surface area contributed by atoms with Crippen molar-refractivity contribution in [2.75, 3.05) is 13.1 Å². The van der Waals surface area contributed by atoms with Gasteiger partial charge in [0.05, 0.1) is 0 Å². The van der Waals surface area contributed by atoms with E-state index in [0.717, 1.165) is 25.9 Å². The molecule has 20 heavy (non-hydrogen) atoms. The molecule has 0 aromatic carbocycles. The number of hydrogen-bond donors (Lipinski definition) is 1. The number of nitrogens with one attached hydrogen (secondary N) is 1. The van der Waals surface area contributed by atoms with Gasteiger partial charge in [-0.15, -0.1) is 0 Å². The van der Waals surface area contributed by atoms with E-state index >= 15 is 0 Å². The molecule has 0 aliphatic heterocycles. The fourth-order valence-corrected chi connectivity index (χ4v) is 2.90. The second-order valence-corrected chi connectivity index (χ2v) is 6.92. The van der Waals surface area contributed by atoms with E-state index in [1.807, 2.05) is 0 Å². The van der Waals surface area contributed by atoms with Crippen LogP contribution in [0.5, 0.6) is 0 Å². The Kier molecular flexibility index (Phi) is 8.20. The van der Waals surface area contributed by atoms with Crippen molar-refractivity contribution in [3.05, 3.63) is 0 Å². The lowest BCUT2D eigenvalue weighted by Crippen LogP contribution is -2.40. The summed E-state index contributed by atoms with van der Waals surface area (Å²) in [6, 6.07) is 1.04. The molecule has 1 aliphatic carbocycles. The maximum atomic E-state index is 12.5. The average Bonchev–Trinajstić information content (AvgIpc) is 2.88. The summed E-state index contributed by atoms with van der Waals surface area (Å²) < 4.78 is 0. The van der Waals surface area contributed by atoms with Crippen LogP contribution < -0.4 is 5.32 Å². The van der Waals surface area contributed by atoms with E-state index < -0.39 is 0 Å². The number of carbonyl (C=O) groups is 1. The number of carbonyl (C=O) groups excluding carboxylic acids is 1. The van der Waals surface area contributed by atoms with Crippen LogP contribution in [0.15, 0.2) is 0 Å². The zero-order valence-electron chi connectivity index (χ0n) is 14.0. The highest BCUT2D eigenvalue weighted by Crippen LogP contribution is 2.25. The zero-order valence-corrected chi connectivity index (χ0v) is 14.0. The molecule has 118 valence electrons. The zero-order chi connectivity index (χ0) is 15.0. The maximum absolute atomic E-state index is 12.5. The first-order valence-corrected chi connectivity index (χ1v) is 8.53. The molecule has 1 saturated carbocycles. The average molecular weight is 282 g/mol. The van der Waals surface area contributed by atoms with Crippen LogP contribution in [0.4, 0.5) is 0 Å². The van der Waals surface area contributed by atoms with Crippen LogP contribution in [-0.4, -0.2) is 36.0 Å². The summed E-state index contributed by atoms with van der Waals surface area (Å²) in [6.07, 6.45) is 7.82. The van der Waals surface area contributed by atoms with Crippen molar-refractivity contribution < 1.29 is 4.79 Å². The molecule has 3 heteroatoms. The van der Waals surface area contributed by atoms with Crippen LogP contribution in [0.2, 0.25) is 0 Å². The molecule has 1 rings (SSSR count). The number of rotatable bonds is 9. The van der Waals surface area contributed by atoms with Gasteiger partial charge in [-0.05, 0) is 38.1 Å². The monoisotopic (exact) mass is 282 g/mol. The fourth-order valence-electron chi connectivity index (χ4n) is 2.90. The maximum Gasteiger partial charge on any atom is 0.222 e. The Morgan fingerprint density at radius 2 is 1.85 bits per heavy atom. The van der Waals surface area contributed by atoms with Gasteiger partial charge in [-0.1, -0.05) is 40.5 Å². The van der Waals surface area contributed by atoms with E-state index in [4.69, 9.17) is 0 Å². The largest absolute Gasteiger partial charge is 0.340 e. The van der Waals surface area contributed by atoms with Crippen LogP contribution in [0, 0.1) is 5.92 Å². The molecular formula is C17H34N2O. The van der Waals surface area contributed by atoms with Crippen molar-refractivity contribution in [1.82, 2.24) is 10.2 Å². The summed E-state index contributed by atoms with van der Waals surface area (Å²) in [5.41, 5.74) is 0. The van der Waals surface area contributed by atoms with Crippen molar-refractivity contribution in [2.45, 2.75) is 84.7 Å². The third kappa shape index (κ3) is 6.74. The summed E-state index contributed by atoms with van der Waals surface area (Å²) in [6.45, 7) is 10.7. The third-order valence-electron chi connectivity index (χ3n) is 4.15. The van der Waals surface area contributed by atoms with Gasteiger partial charge in [0.15, 0.2) is 0 Å². The standard InChI is InChI=1S/C17H34N2O/c1-14(2)11-13-19(16-8-5-6-9-16)17(20)10-7-12-18-15(3)4/h14-16,18H,5-13H2,1-4H3. The van der Waals surface area contributed by atoms with Gasteiger partial charge in [0.25, 0.3) is 0 Å². The van der Waals surface area contributed by atoms with Crippen molar-refractivity contribution in [2.24, 2.45) is 5.92 Å². The molecule has 0 radical (unpaired) electrons. The molecule has 0 atom stereocenters. The first kappa shape index (κ1) is 17.5. The fraction of sp³-hybridized carbons (Fsp3) is 0.941. The summed E-state index contributed by atoms with van der Waals surface area (Å²) in [5, 5.41) is 3.39. The molecule has 0 aromatic rings. The molecule has 0 saturated heterocycles. The summed E-state index contributed by atoms with van der Waals surface area (Å²) >= 11 is 0. The van der Waals surface area contributed by atoms with Gasteiger partial charge in [-0.25, -0.2) is 0 Å². The van der Waals surface area contributed by atoms with Crippen LogP contribution >= 0.6 is 0 Å². The Hall–Kier alpha value is -0.570. The molecule has 1 amide bonds. The highest BCUT2D eigenvalue weighted by atomic mass is 16.2. The molecule has 1 N–H and O–H groups in total. The predicted octanol–water partition coefficient (Wildman–Crippen LogP) is 3.58. The van der Waals surface area contributed by atoms with Gasteiger partial charge in [-0.2, -0.15) is 0 Å². The van der Waals surface area contributed by atoms with E-state index in [-0.39, 0.29) is 0 Å². The topological polar surface area (TPSA) is 32.3 Å². The SMILES string of the molecule is CC(C)CCN(C(=O)CCCNC(C)C)C1CCCC1. The Morgan fingerprint density at radius 3 is 2.40 bits per heavy atom. The van der Waals surface area contributed by atoms with Crippen LogP contribution in [0.1, 0.15) is 72.6 Å². The smallest absolute Gasteiger partial charge is 0.222 e. The summed E-state index contributed by atoms with van der Waals surface area (Å²) in [5.74, 6) is 1.05. The minimum absolute atomic E-state index is 0.378. The third-order valence-corrected chi connectivity index (χ3v) is 4.15. The Labute approximate surface area is 125 Å². The second-order valence-electron chi connectivity index (χ2n) is 6.92. The summed E-state index contributed by atoms with van der Waals surface area (Å²) in [4.78, 5) is 14.7. The van der Waals surface area contributed by atoms with Crippen LogP contribution in [0.3, 0.4) is 0 Å². The molecule has 0 bridgehead atoms. The van der Waals surface area contributed by atoms with Crippen LogP contribution in [0.25, 0.3) is 0 Å². The number of nitrogens with zero attached hydrogens (tertiary/aromatic N) is 1. The Morgan fingerprint density at radius 1 is 1.20 bits per heavy atom. The quantitative estimate of drug-likeness (QED) is 0.656. The minimum Gasteiger partial charge on any atom is -0.340 e. The van der Waals surface area contributed by atoms with Crippen LogP contribution in [-0.2, 0) is 4.79 Å². The molecule has 0 aromatic heterocycles. The van der Waals surface area contributed by atoms with Gasteiger partial charge >= 0.3 is 0 Å². The lowest BCUT2D eigenvalue weighted by molar-refractivity contribution is -0.133. The lowest BCUT2D eigenvalue weighted by atomic mass is 10.1. The van der Waals surface area contributed by atoms with Gasteiger partial charge in [0, 0.05) is 25.0 Å². The van der Waals surface area contributed by atoms with E-state index in [1.165, 1.54) is 25.7 Å². The van der Waals surface area contributed by atoms with E-state index in [0.29, 0.717) is 30.3 Å². The van der Waals surface area contributed by atoms with E-state index in [2.05, 4.69) is 37.9 Å². The van der Waals surface area contributed by atoms with Crippen molar-refractivity contribution in [3.8, 4) is 0 Å². The first-order valence-electron chi connectivity index (χ1n) is 8.53. The highest BCUT2D eigenvalue weighted by molar-refractivity contribution is 5.76. The van der Waals surface area contributed by atoms with E-state index in [1.54, 1.807) is 0 Å². The van der Waals surface area contributed by atoms with Gasteiger partial charge < -0.3 is 10.2 Å².